The SMILES string of the molecule is OC(CC1=CCCC1)c1sccc1Br. The third-order valence-electron chi connectivity index (χ3n) is 2.54. The van der Waals surface area contributed by atoms with Gasteiger partial charge in [0.25, 0.3) is 0 Å². The number of halogens is 1. The van der Waals surface area contributed by atoms with E-state index in [4.69, 9.17) is 0 Å². The molecule has 1 nitrogen and oxygen atoms in total. The van der Waals surface area contributed by atoms with Gasteiger partial charge in [-0.3, -0.25) is 0 Å². The highest BCUT2D eigenvalue weighted by Crippen LogP contribution is 2.34. The van der Waals surface area contributed by atoms with Crippen LogP contribution in [-0.2, 0) is 0 Å². The van der Waals surface area contributed by atoms with E-state index in [1.54, 1.807) is 11.3 Å². The van der Waals surface area contributed by atoms with Gasteiger partial charge in [-0.2, -0.15) is 0 Å². The van der Waals surface area contributed by atoms with E-state index >= 15 is 0 Å². The molecule has 2 rings (SSSR count). The van der Waals surface area contributed by atoms with Gasteiger partial charge in [-0.25, -0.2) is 0 Å². The molecule has 3 heteroatoms. The third-order valence-corrected chi connectivity index (χ3v) is 4.51. The maximum absolute atomic E-state index is 9.99. The first-order valence-electron chi connectivity index (χ1n) is 4.86. The number of aliphatic hydroxyl groups excluding tert-OH is 1. The lowest BCUT2D eigenvalue weighted by molar-refractivity contribution is 0.180. The molecule has 1 heterocycles. The normalized spacial score (nSPS) is 18.3. The molecule has 0 saturated carbocycles. The van der Waals surface area contributed by atoms with E-state index in [0.717, 1.165) is 15.8 Å². The number of hydrogen-bond acceptors (Lipinski definition) is 2. The Balaban J connectivity index is 2.02. The van der Waals surface area contributed by atoms with E-state index in [1.165, 1.54) is 24.8 Å². The van der Waals surface area contributed by atoms with E-state index in [-0.39, 0.29) is 6.10 Å². The third kappa shape index (κ3) is 2.27. The van der Waals surface area contributed by atoms with Gasteiger partial charge in [0.15, 0.2) is 0 Å². The van der Waals surface area contributed by atoms with Crippen LogP contribution >= 0.6 is 27.3 Å². The molecule has 0 saturated heterocycles. The summed E-state index contributed by atoms with van der Waals surface area (Å²) in [6, 6.07) is 1.99. The van der Waals surface area contributed by atoms with Gasteiger partial charge in [0.2, 0.25) is 0 Å². The molecular formula is C11H13BrOS. The Bertz CT molecular complexity index is 343. The fourth-order valence-corrected chi connectivity index (χ4v) is 3.43. The number of allylic oxidation sites excluding steroid dienone is 1. The maximum atomic E-state index is 9.99. The second-order valence-electron chi connectivity index (χ2n) is 3.61. The molecule has 0 fully saturated rings. The molecule has 76 valence electrons. The van der Waals surface area contributed by atoms with Gasteiger partial charge in [-0.1, -0.05) is 11.6 Å². The molecule has 0 radical (unpaired) electrons. The molecule has 14 heavy (non-hydrogen) atoms. The van der Waals surface area contributed by atoms with Crippen molar-refractivity contribution < 1.29 is 5.11 Å². The molecule has 1 aliphatic carbocycles. The second kappa shape index (κ2) is 4.60. The van der Waals surface area contributed by atoms with Crippen molar-refractivity contribution in [1.82, 2.24) is 0 Å². The summed E-state index contributed by atoms with van der Waals surface area (Å²) in [5.41, 5.74) is 1.41. The Kier molecular flexibility index (Phi) is 3.42. The van der Waals surface area contributed by atoms with Crippen LogP contribution in [0, 0.1) is 0 Å². The lowest BCUT2D eigenvalue weighted by Gasteiger charge is -2.09. The van der Waals surface area contributed by atoms with Crippen molar-refractivity contribution >= 4 is 27.3 Å². The Labute approximate surface area is 96.6 Å². The van der Waals surface area contributed by atoms with E-state index < -0.39 is 0 Å². The van der Waals surface area contributed by atoms with E-state index in [9.17, 15) is 5.11 Å². The monoisotopic (exact) mass is 272 g/mol. The summed E-state index contributed by atoms with van der Waals surface area (Å²) in [4.78, 5) is 1.05. The Hall–Kier alpha value is -0.120. The van der Waals surface area contributed by atoms with Gasteiger partial charge in [0.1, 0.15) is 0 Å². The minimum Gasteiger partial charge on any atom is -0.387 e. The van der Waals surface area contributed by atoms with Crippen molar-refractivity contribution in [2.45, 2.75) is 31.8 Å². The standard InChI is InChI=1S/C11H13BrOS/c12-9-5-6-14-11(9)10(13)7-8-3-1-2-4-8/h3,5-6,10,13H,1-2,4,7H2. The van der Waals surface area contributed by atoms with E-state index in [2.05, 4.69) is 22.0 Å². The van der Waals surface area contributed by atoms with Crippen LogP contribution in [-0.4, -0.2) is 5.11 Å². The first-order valence-corrected chi connectivity index (χ1v) is 6.53. The topological polar surface area (TPSA) is 20.2 Å². The van der Waals surface area contributed by atoms with Crippen LogP contribution in [0.3, 0.4) is 0 Å². The molecule has 1 atom stereocenters. The van der Waals surface area contributed by atoms with Crippen molar-refractivity contribution in [3.8, 4) is 0 Å². The van der Waals surface area contributed by atoms with Crippen LogP contribution in [0.25, 0.3) is 0 Å². The average Bonchev–Trinajstić information content (AvgIpc) is 2.75. The number of hydrogen-bond donors (Lipinski definition) is 1. The zero-order chi connectivity index (χ0) is 9.97. The average molecular weight is 273 g/mol. The molecule has 1 aromatic rings. The van der Waals surface area contributed by atoms with E-state index in [1.807, 2.05) is 11.4 Å². The lowest BCUT2D eigenvalue weighted by Crippen LogP contribution is -1.96. The van der Waals surface area contributed by atoms with Crippen molar-refractivity contribution in [2.24, 2.45) is 0 Å². The van der Waals surface area contributed by atoms with Gasteiger partial charge in [-0.15, -0.1) is 11.3 Å². The van der Waals surface area contributed by atoms with Gasteiger partial charge >= 0.3 is 0 Å². The van der Waals surface area contributed by atoms with Gasteiger partial charge in [0.05, 0.1) is 6.10 Å². The fraction of sp³-hybridized carbons (Fsp3) is 0.455. The summed E-state index contributed by atoms with van der Waals surface area (Å²) in [5, 5.41) is 12.0. The first-order chi connectivity index (χ1) is 6.77. The smallest absolute Gasteiger partial charge is 0.0930 e. The summed E-state index contributed by atoms with van der Waals surface area (Å²) < 4.78 is 1.04. The molecule has 0 aromatic carbocycles. The summed E-state index contributed by atoms with van der Waals surface area (Å²) in [5.74, 6) is 0. The summed E-state index contributed by atoms with van der Waals surface area (Å²) in [7, 11) is 0. The van der Waals surface area contributed by atoms with Crippen molar-refractivity contribution in [2.75, 3.05) is 0 Å². The van der Waals surface area contributed by atoms with Gasteiger partial charge < -0.3 is 5.11 Å². The van der Waals surface area contributed by atoms with Crippen LogP contribution in [0.15, 0.2) is 27.6 Å². The van der Waals surface area contributed by atoms with Crippen molar-refractivity contribution in [3.05, 3.63) is 32.4 Å². The first kappa shape index (κ1) is 10.4. The Morgan fingerprint density at radius 2 is 2.43 bits per heavy atom. The van der Waals surface area contributed by atoms with Gasteiger partial charge in [-0.05, 0) is 53.1 Å². The lowest BCUT2D eigenvalue weighted by atomic mass is 10.1. The highest BCUT2D eigenvalue weighted by Gasteiger charge is 2.15. The molecule has 1 aliphatic rings. The Morgan fingerprint density at radius 1 is 1.57 bits per heavy atom. The predicted octanol–water partition coefficient (Wildman–Crippen LogP) is 4.04. The van der Waals surface area contributed by atoms with Crippen molar-refractivity contribution in [1.29, 1.82) is 0 Å². The van der Waals surface area contributed by atoms with Crippen molar-refractivity contribution in [3.63, 3.8) is 0 Å². The zero-order valence-corrected chi connectivity index (χ0v) is 10.3. The number of thiophene rings is 1. The number of rotatable bonds is 3. The molecule has 1 N–H and O–H groups in total. The molecule has 0 bridgehead atoms. The predicted molar refractivity (Wildman–Crippen MR) is 63.5 cm³/mol. The van der Waals surface area contributed by atoms with Crippen LogP contribution in [0.5, 0.6) is 0 Å². The highest BCUT2D eigenvalue weighted by molar-refractivity contribution is 9.10. The molecule has 1 aromatic heterocycles. The summed E-state index contributed by atoms with van der Waals surface area (Å²) in [6.07, 6.45) is 6.36. The van der Waals surface area contributed by atoms with Crippen LogP contribution < -0.4 is 0 Å². The minimum atomic E-state index is -0.325. The highest BCUT2D eigenvalue weighted by atomic mass is 79.9. The molecule has 0 aliphatic heterocycles. The van der Waals surface area contributed by atoms with Crippen LogP contribution in [0.2, 0.25) is 0 Å². The maximum Gasteiger partial charge on any atom is 0.0930 e. The quantitative estimate of drug-likeness (QED) is 0.824. The summed E-state index contributed by atoms with van der Waals surface area (Å²) in [6.45, 7) is 0. The Morgan fingerprint density at radius 3 is 3.00 bits per heavy atom. The van der Waals surface area contributed by atoms with Crippen LogP contribution in [0.4, 0.5) is 0 Å². The molecule has 1 unspecified atom stereocenters. The van der Waals surface area contributed by atoms with Gasteiger partial charge in [0, 0.05) is 9.35 Å². The molecular weight excluding hydrogens is 260 g/mol. The summed E-state index contributed by atoms with van der Waals surface area (Å²) >= 11 is 5.06. The minimum absolute atomic E-state index is 0.325. The molecule has 0 amide bonds. The van der Waals surface area contributed by atoms with E-state index in [0.29, 0.717) is 0 Å². The van der Waals surface area contributed by atoms with Crippen LogP contribution in [0.1, 0.15) is 36.7 Å². The zero-order valence-electron chi connectivity index (χ0n) is 7.87. The fourth-order valence-electron chi connectivity index (χ4n) is 1.81. The second-order valence-corrected chi connectivity index (χ2v) is 5.41. The number of aliphatic hydroxyl groups is 1. The largest absolute Gasteiger partial charge is 0.387 e. The molecule has 0 spiro atoms.